The molecule has 0 aromatic heterocycles. The van der Waals surface area contributed by atoms with E-state index in [4.69, 9.17) is 0 Å². The van der Waals surface area contributed by atoms with E-state index in [1.165, 1.54) is 5.56 Å². The van der Waals surface area contributed by atoms with E-state index in [-0.39, 0.29) is 5.82 Å². The van der Waals surface area contributed by atoms with Gasteiger partial charge in [-0.25, -0.2) is 4.39 Å². The van der Waals surface area contributed by atoms with Crippen molar-refractivity contribution < 1.29 is 4.39 Å². The van der Waals surface area contributed by atoms with Crippen LogP contribution in [0.2, 0.25) is 0 Å². The Hall–Kier alpha value is -0.850. The number of halogens is 1. The topological polar surface area (TPSA) is 0 Å². The van der Waals surface area contributed by atoms with Gasteiger partial charge in [0.05, 0.1) is 0 Å². The highest BCUT2D eigenvalue weighted by molar-refractivity contribution is 5.32. The summed E-state index contributed by atoms with van der Waals surface area (Å²) in [5.41, 5.74) is 2.16. The molecule has 1 heteroatoms. The Morgan fingerprint density at radius 1 is 1.20 bits per heavy atom. The first kappa shape index (κ1) is 5.90. The number of fused-ring (bicyclic) bond motifs is 1. The lowest BCUT2D eigenvalue weighted by atomic mass is 10.1. The second-order valence-electron chi connectivity index (χ2n) is 2.73. The molecule has 1 aliphatic rings. The molecule has 0 saturated heterocycles. The highest BCUT2D eigenvalue weighted by Crippen LogP contribution is 2.23. The highest BCUT2D eigenvalue weighted by atomic mass is 19.1. The van der Waals surface area contributed by atoms with Gasteiger partial charge in [0, 0.05) is 0 Å². The molecule has 0 saturated carbocycles. The molecule has 0 N–H and O–H groups in total. The van der Waals surface area contributed by atoms with Gasteiger partial charge in [-0.15, -0.1) is 0 Å². The molecule has 0 heterocycles. The van der Waals surface area contributed by atoms with Gasteiger partial charge in [0.25, 0.3) is 0 Å². The molecule has 0 bridgehead atoms. The number of rotatable bonds is 0. The van der Waals surface area contributed by atoms with Crippen LogP contribution in [0.1, 0.15) is 17.5 Å². The molecule has 0 unspecified atom stereocenters. The summed E-state index contributed by atoms with van der Waals surface area (Å²) in [4.78, 5) is 0. The highest BCUT2D eigenvalue weighted by Gasteiger charge is 2.13. The van der Waals surface area contributed by atoms with Gasteiger partial charge in [0.2, 0.25) is 0 Å². The van der Waals surface area contributed by atoms with E-state index < -0.39 is 0 Å². The summed E-state index contributed by atoms with van der Waals surface area (Å²) in [6.45, 7) is 0. The van der Waals surface area contributed by atoms with Crippen LogP contribution in [0.3, 0.4) is 0 Å². The van der Waals surface area contributed by atoms with Gasteiger partial charge in [-0.1, -0.05) is 12.1 Å². The largest absolute Gasteiger partial charge is 0.207 e. The van der Waals surface area contributed by atoms with Crippen molar-refractivity contribution in [3.05, 3.63) is 35.1 Å². The van der Waals surface area contributed by atoms with E-state index in [0.29, 0.717) is 0 Å². The quantitative estimate of drug-likeness (QED) is 0.513. The maximum absolute atomic E-state index is 12.9. The van der Waals surface area contributed by atoms with Crippen molar-refractivity contribution >= 4 is 0 Å². The molecule has 0 atom stereocenters. The van der Waals surface area contributed by atoms with Gasteiger partial charge in [-0.3, -0.25) is 0 Å². The first-order valence-electron chi connectivity index (χ1n) is 3.64. The van der Waals surface area contributed by atoms with Gasteiger partial charge in [-0.2, -0.15) is 0 Å². The predicted molar refractivity (Wildman–Crippen MR) is 38.4 cm³/mol. The van der Waals surface area contributed by atoms with E-state index >= 15 is 0 Å². The lowest BCUT2D eigenvalue weighted by molar-refractivity contribution is 0.613. The lowest BCUT2D eigenvalue weighted by Gasteiger charge is -1.97. The second-order valence-corrected chi connectivity index (χ2v) is 2.73. The van der Waals surface area contributed by atoms with Crippen LogP contribution in [-0.4, -0.2) is 0 Å². The maximum Gasteiger partial charge on any atom is 0.126 e. The van der Waals surface area contributed by atoms with Crippen LogP contribution in [0.15, 0.2) is 18.2 Å². The number of hydrogen-bond acceptors (Lipinski definition) is 0. The average molecular weight is 136 g/mol. The Kier molecular flexibility index (Phi) is 1.23. The first-order chi connectivity index (χ1) is 4.88. The Balaban J connectivity index is 2.59. The summed E-state index contributed by atoms with van der Waals surface area (Å²) >= 11 is 0. The lowest BCUT2D eigenvalue weighted by Crippen LogP contribution is -1.85. The van der Waals surface area contributed by atoms with Crippen molar-refractivity contribution in [3.63, 3.8) is 0 Å². The van der Waals surface area contributed by atoms with Gasteiger partial charge >= 0.3 is 0 Å². The maximum atomic E-state index is 12.9. The zero-order valence-electron chi connectivity index (χ0n) is 5.73. The molecular weight excluding hydrogens is 127 g/mol. The monoisotopic (exact) mass is 136 g/mol. The molecule has 1 aliphatic carbocycles. The Morgan fingerprint density at radius 3 is 2.90 bits per heavy atom. The summed E-state index contributed by atoms with van der Waals surface area (Å²) in [5.74, 6) is -0.0185. The summed E-state index contributed by atoms with van der Waals surface area (Å²) < 4.78 is 12.9. The average Bonchev–Trinajstić information content (AvgIpc) is 2.36. The summed E-state index contributed by atoms with van der Waals surface area (Å²) in [6, 6.07) is 5.36. The summed E-state index contributed by atoms with van der Waals surface area (Å²) in [7, 11) is 0. The second kappa shape index (κ2) is 2.08. The SMILES string of the molecule is Fc1cccc2c1CCC2. The van der Waals surface area contributed by atoms with Crippen LogP contribution in [0.25, 0.3) is 0 Å². The fourth-order valence-corrected chi connectivity index (χ4v) is 1.57. The zero-order chi connectivity index (χ0) is 6.97. The first-order valence-corrected chi connectivity index (χ1v) is 3.64. The van der Waals surface area contributed by atoms with Crippen molar-refractivity contribution in [1.82, 2.24) is 0 Å². The Morgan fingerprint density at radius 2 is 2.10 bits per heavy atom. The van der Waals surface area contributed by atoms with Crippen LogP contribution in [0.4, 0.5) is 4.39 Å². The molecule has 2 rings (SSSR count). The molecule has 1 aromatic carbocycles. The van der Waals surface area contributed by atoms with Gasteiger partial charge in [0.1, 0.15) is 5.82 Å². The third kappa shape index (κ3) is 0.737. The molecular formula is C9H9F. The van der Waals surface area contributed by atoms with E-state index in [1.807, 2.05) is 6.07 Å². The molecule has 0 radical (unpaired) electrons. The molecule has 0 spiro atoms. The van der Waals surface area contributed by atoms with Crippen molar-refractivity contribution in [1.29, 1.82) is 0 Å². The third-order valence-electron chi connectivity index (χ3n) is 2.09. The Bertz CT molecular complexity index is 253. The minimum absolute atomic E-state index is 0.0185. The smallest absolute Gasteiger partial charge is 0.126 e. The normalized spacial score (nSPS) is 15.3. The predicted octanol–water partition coefficient (Wildman–Crippen LogP) is 2.31. The molecule has 52 valence electrons. The number of hydrogen-bond donors (Lipinski definition) is 0. The molecule has 0 amide bonds. The van der Waals surface area contributed by atoms with E-state index in [0.717, 1.165) is 24.8 Å². The van der Waals surface area contributed by atoms with Crippen LogP contribution in [0.5, 0.6) is 0 Å². The minimum Gasteiger partial charge on any atom is -0.207 e. The minimum atomic E-state index is -0.0185. The molecule has 1 aromatic rings. The summed E-state index contributed by atoms with van der Waals surface area (Å²) in [5, 5.41) is 0. The molecule has 0 aliphatic heterocycles. The third-order valence-corrected chi connectivity index (χ3v) is 2.09. The van der Waals surface area contributed by atoms with Gasteiger partial charge < -0.3 is 0 Å². The van der Waals surface area contributed by atoms with Crippen LogP contribution < -0.4 is 0 Å². The van der Waals surface area contributed by atoms with Crippen LogP contribution in [0, 0.1) is 5.82 Å². The molecule has 10 heavy (non-hydrogen) atoms. The van der Waals surface area contributed by atoms with Crippen molar-refractivity contribution in [2.24, 2.45) is 0 Å². The van der Waals surface area contributed by atoms with Crippen LogP contribution >= 0.6 is 0 Å². The zero-order valence-corrected chi connectivity index (χ0v) is 5.73. The fourth-order valence-electron chi connectivity index (χ4n) is 1.57. The van der Waals surface area contributed by atoms with E-state index in [1.54, 1.807) is 12.1 Å². The van der Waals surface area contributed by atoms with Gasteiger partial charge in [-0.05, 0) is 36.5 Å². The van der Waals surface area contributed by atoms with Crippen LogP contribution in [-0.2, 0) is 12.8 Å². The fraction of sp³-hybridized carbons (Fsp3) is 0.333. The van der Waals surface area contributed by atoms with Crippen molar-refractivity contribution in [3.8, 4) is 0 Å². The standard InChI is InChI=1S/C9H9F/c10-9-6-2-4-7-3-1-5-8(7)9/h2,4,6H,1,3,5H2. The van der Waals surface area contributed by atoms with E-state index in [9.17, 15) is 4.39 Å². The number of aryl methyl sites for hydroxylation is 1. The van der Waals surface area contributed by atoms with Gasteiger partial charge in [0.15, 0.2) is 0 Å². The molecule has 0 fully saturated rings. The number of benzene rings is 1. The van der Waals surface area contributed by atoms with Crippen molar-refractivity contribution in [2.75, 3.05) is 0 Å². The van der Waals surface area contributed by atoms with E-state index in [2.05, 4.69) is 0 Å². The Labute approximate surface area is 59.7 Å². The van der Waals surface area contributed by atoms with Crippen molar-refractivity contribution in [2.45, 2.75) is 19.3 Å². The summed E-state index contributed by atoms with van der Waals surface area (Å²) in [6.07, 6.45) is 3.12. The molecule has 0 nitrogen and oxygen atoms in total.